The zero-order valence-corrected chi connectivity index (χ0v) is 16.9. The Bertz CT molecular complexity index is 1130. The van der Waals surface area contributed by atoms with Crippen LogP contribution < -0.4 is 9.91 Å². The van der Waals surface area contributed by atoms with E-state index in [0.29, 0.717) is 10.7 Å². The van der Waals surface area contributed by atoms with Crippen LogP contribution in [-0.2, 0) is 19.1 Å². The molecule has 31 heavy (non-hydrogen) atoms. The summed E-state index contributed by atoms with van der Waals surface area (Å²) in [6.07, 6.45) is 0. The number of nitrogens with zero attached hydrogens (tertiary/aromatic N) is 4. The molecule has 0 spiro atoms. The predicted octanol–water partition coefficient (Wildman–Crippen LogP) is 2.55. The van der Waals surface area contributed by atoms with Crippen molar-refractivity contribution in [2.45, 2.75) is 13.0 Å². The molecular weight excluding hydrogens is 428 g/mol. The summed E-state index contributed by atoms with van der Waals surface area (Å²) in [6.45, 7) is 1.65. The number of amides is 2. The number of hydrazone groups is 1. The van der Waals surface area contributed by atoms with Gasteiger partial charge in [0.1, 0.15) is 17.6 Å². The first-order valence-corrected chi connectivity index (χ1v) is 9.64. The minimum absolute atomic E-state index is 0.0478. The van der Waals surface area contributed by atoms with Crippen LogP contribution in [0.2, 0.25) is 5.02 Å². The van der Waals surface area contributed by atoms with Crippen molar-refractivity contribution in [3.63, 3.8) is 0 Å². The lowest BCUT2D eigenvalue weighted by Gasteiger charge is -2.22. The van der Waals surface area contributed by atoms with Gasteiger partial charge in [-0.2, -0.15) is 5.10 Å². The summed E-state index contributed by atoms with van der Waals surface area (Å²) in [5, 5.41) is 17.4. The van der Waals surface area contributed by atoms with Crippen molar-refractivity contribution >= 4 is 52.2 Å². The molecule has 0 bridgehead atoms. The monoisotopic (exact) mass is 442 g/mol. The number of carbonyl (C=O) groups excluding carboxylic acids is 3. The molecule has 10 nitrogen and oxygen atoms in total. The van der Waals surface area contributed by atoms with E-state index in [1.54, 1.807) is 31.2 Å². The van der Waals surface area contributed by atoms with Crippen molar-refractivity contribution < 1.29 is 24.0 Å². The fourth-order valence-corrected chi connectivity index (χ4v) is 3.77. The highest BCUT2D eigenvalue weighted by Gasteiger charge is 2.59. The van der Waals surface area contributed by atoms with Crippen LogP contribution >= 0.6 is 11.6 Å². The van der Waals surface area contributed by atoms with Crippen LogP contribution in [0.3, 0.4) is 0 Å². The van der Waals surface area contributed by atoms with Crippen LogP contribution in [-0.4, -0.2) is 41.1 Å². The number of fused-ring (bicyclic) bond motifs is 1. The van der Waals surface area contributed by atoms with Gasteiger partial charge in [0.2, 0.25) is 5.91 Å². The van der Waals surface area contributed by atoms with E-state index in [0.717, 1.165) is 4.90 Å². The molecule has 0 N–H and O–H groups in total. The minimum Gasteiger partial charge on any atom is -0.461 e. The lowest BCUT2D eigenvalue weighted by atomic mass is 9.98. The van der Waals surface area contributed by atoms with Crippen LogP contribution in [0.15, 0.2) is 53.6 Å². The van der Waals surface area contributed by atoms with Crippen molar-refractivity contribution in [2.75, 3.05) is 16.5 Å². The number of carbonyl (C=O) groups is 3. The van der Waals surface area contributed by atoms with Gasteiger partial charge >= 0.3 is 5.97 Å². The SMILES string of the molecule is CCOC(=O)C1=NN(c2ccc(Cl)cc2)C2C(=O)N(c3ccccc3[N+](=O)[O-])C(=O)C12. The highest BCUT2D eigenvalue weighted by atomic mass is 35.5. The highest BCUT2D eigenvalue weighted by molar-refractivity contribution is 6.47. The summed E-state index contributed by atoms with van der Waals surface area (Å²) in [4.78, 5) is 50.6. The molecule has 11 heteroatoms. The first-order chi connectivity index (χ1) is 14.8. The molecule has 2 aliphatic rings. The molecule has 2 heterocycles. The van der Waals surface area contributed by atoms with Crippen molar-refractivity contribution in [1.82, 2.24) is 0 Å². The van der Waals surface area contributed by atoms with Gasteiger partial charge in [0.25, 0.3) is 11.6 Å². The number of rotatable bonds is 5. The smallest absolute Gasteiger partial charge is 0.355 e. The van der Waals surface area contributed by atoms with E-state index in [9.17, 15) is 24.5 Å². The molecule has 2 unspecified atom stereocenters. The third-order valence-electron chi connectivity index (χ3n) is 4.94. The Morgan fingerprint density at radius 2 is 1.84 bits per heavy atom. The molecule has 2 aliphatic heterocycles. The van der Waals surface area contributed by atoms with Gasteiger partial charge in [0.05, 0.1) is 17.2 Å². The average molecular weight is 443 g/mol. The third kappa shape index (κ3) is 3.30. The maximum absolute atomic E-state index is 13.3. The van der Waals surface area contributed by atoms with Gasteiger partial charge in [0, 0.05) is 11.1 Å². The molecule has 2 amide bonds. The molecule has 0 aromatic heterocycles. The molecule has 2 atom stereocenters. The Hall–Kier alpha value is -3.79. The Morgan fingerprint density at radius 3 is 2.48 bits per heavy atom. The Kier molecular flexibility index (Phi) is 5.15. The summed E-state index contributed by atoms with van der Waals surface area (Å²) in [5.74, 6) is -3.61. The molecule has 0 aliphatic carbocycles. The maximum atomic E-state index is 13.3. The summed E-state index contributed by atoms with van der Waals surface area (Å²) in [6, 6.07) is 10.5. The number of para-hydroxylation sites is 2. The van der Waals surface area contributed by atoms with Crippen LogP contribution in [0.5, 0.6) is 0 Å². The first kappa shape index (κ1) is 20.5. The predicted molar refractivity (Wildman–Crippen MR) is 111 cm³/mol. The van der Waals surface area contributed by atoms with Crippen molar-refractivity contribution in [2.24, 2.45) is 11.0 Å². The van der Waals surface area contributed by atoms with Gasteiger partial charge in [-0.3, -0.25) is 24.7 Å². The topological polar surface area (TPSA) is 122 Å². The average Bonchev–Trinajstić information content (AvgIpc) is 3.26. The molecule has 158 valence electrons. The zero-order chi connectivity index (χ0) is 22.3. The van der Waals surface area contributed by atoms with E-state index in [4.69, 9.17) is 16.3 Å². The van der Waals surface area contributed by atoms with Crippen molar-refractivity contribution in [1.29, 1.82) is 0 Å². The normalized spacial score (nSPS) is 20.0. The second-order valence-corrected chi connectivity index (χ2v) is 7.14. The Labute approximate surface area is 180 Å². The van der Waals surface area contributed by atoms with Gasteiger partial charge in [-0.1, -0.05) is 23.7 Å². The third-order valence-corrected chi connectivity index (χ3v) is 5.20. The Morgan fingerprint density at radius 1 is 1.16 bits per heavy atom. The van der Waals surface area contributed by atoms with Crippen LogP contribution in [0.4, 0.5) is 17.1 Å². The number of nitro groups is 1. The maximum Gasteiger partial charge on any atom is 0.355 e. The van der Waals surface area contributed by atoms with Crippen LogP contribution in [0.1, 0.15) is 6.92 Å². The Balaban J connectivity index is 1.82. The van der Waals surface area contributed by atoms with E-state index < -0.39 is 40.4 Å². The lowest BCUT2D eigenvalue weighted by molar-refractivity contribution is -0.384. The van der Waals surface area contributed by atoms with E-state index in [2.05, 4.69) is 5.10 Å². The van der Waals surface area contributed by atoms with Gasteiger partial charge in [-0.25, -0.2) is 9.69 Å². The zero-order valence-electron chi connectivity index (χ0n) is 16.1. The van der Waals surface area contributed by atoms with Crippen molar-refractivity contribution in [3.05, 3.63) is 63.7 Å². The van der Waals surface area contributed by atoms with Gasteiger partial charge in [-0.05, 0) is 37.3 Å². The number of esters is 1. The highest BCUT2D eigenvalue weighted by Crippen LogP contribution is 2.40. The molecule has 4 rings (SSSR count). The summed E-state index contributed by atoms with van der Waals surface area (Å²) < 4.78 is 5.02. The molecule has 2 aromatic carbocycles. The fourth-order valence-electron chi connectivity index (χ4n) is 3.64. The van der Waals surface area contributed by atoms with Gasteiger partial charge in [0.15, 0.2) is 5.71 Å². The number of anilines is 2. The number of halogens is 1. The molecule has 0 saturated carbocycles. The van der Waals surface area contributed by atoms with E-state index in [1.165, 1.54) is 29.3 Å². The van der Waals surface area contributed by atoms with E-state index in [1.807, 2.05) is 0 Å². The fraction of sp³-hybridized carbons (Fsp3) is 0.200. The summed E-state index contributed by atoms with van der Waals surface area (Å²) in [5.41, 5.74) is -0.390. The number of imide groups is 1. The van der Waals surface area contributed by atoms with Gasteiger partial charge < -0.3 is 4.74 Å². The van der Waals surface area contributed by atoms with Crippen LogP contribution in [0, 0.1) is 16.0 Å². The number of benzene rings is 2. The van der Waals surface area contributed by atoms with Crippen molar-refractivity contribution in [3.8, 4) is 0 Å². The largest absolute Gasteiger partial charge is 0.461 e. The number of hydrogen-bond acceptors (Lipinski definition) is 8. The lowest BCUT2D eigenvalue weighted by Crippen LogP contribution is -2.39. The molecule has 2 aromatic rings. The quantitative estimate of drug-likeness (QED) is 0.302. The van der Waals surface area contributed by atoms with E-state index >= 15 is 0 Å². The number of nitro benzene ring substituents is 1. The second-order valence-electron chi connectivity index (χ2n) is 6.71. The minimum atomic E-state index is -1.26. The molecule has 0 radical (unpaired) electrons. The number of ether oxygens (including phenoxy) is 1. The summed E-state index contributed by atoms with van der Waals surface area (Å²) in [7, 11) is 0. The van der Waals surface area contributed by atoms with Crippen LogP contribution in [0.25, 0.3) is 0 Å². The number of hydrogen-bond donors (Lipinski definition) is 0. The standard InChI is InChI=1S/C20H15ClN4O6/c1-2-31-20(28)16-15-17(24(22-16)12-9-7-11(21)8-10-12)19(27)23(18(15)26)13-5-3-4-6-14(13)25(29)30/h3-10,15,17H,2H2,1H3. The second kappa shape index (κ2) is 7.80. The molecule has 1 fully saturated rings. The van der Waals surface area contributed by atoms with E-state index in [-0.39, 0.29) is 18.0 Å². The summed E-state index contributed by atoms with van der Waals surface area (Å²) >= 11 is 5.93. The molecule has 1 saturated heterocycles. The molecular formula is C20H15ClN4O6. The first-order valence-electron chi connectivity index (χ1n) is 9.26. The van der Waals surface area contributed by atoms with Gasteiger partial charge in [-0.15, -0.1) is 0 Å².